The lowest BCUT2D eigenvalue weighted by Gasteiger charge is -2.23. The molecule has 0 fully saturated rings. The van der Waals surface area contributed by atoms with Crippen LogP contribution in [-0.2, 0) is 6.42 Å². The van der Waals surface area contributed by atoms with Gasteiger partial charge in [-0.25, -0.2) is 4.98 Å². The van der Waals surface area contributed by atoms with Crippen molar-refractivity contribution in [3.63, 3.8) is 0 Å². The first-order valence-corrected chi connectivity index (χ1v) is 10.3. The van der Waals surface area contributed by atoms with Crippen molar-refractivity contribution < 1.29 is 0 Å². The van der Waals surface area contributed by atoms with Crippen molar-refractivity contribution in [1.82, 2.24) is 9.97 Å². The van der Waals surface area contributed by atoms with Gasteiger partial charge in [0.2, 0.25) is 0 Å². The lowest BCUT2D eigenvalue weighted by atomic mass is 9.92. The van der Waals surface area contributed by atoms with Crippen LogP contribution >= 0.6 is 21.4 Å². The van der Waals surface area contributed by atoms with Gasteiger partial charge in [-0.2, -0.15) is 12.6 Å². The van der Waals surface area contributed by atoms with Crippen LogP contribution in [0.2, 0.25) is 0 Å². The highest BCUT2D eigenvalue weighted by atomic mass is 32.1. The van der Waals surface area contributed by atoms with E-state index >= 15 is 0 Å². The number of hydrogen-bond acceptors (Lipinski definition) is 4. The zero-order chi connectivity index (χ0) is 16.5. The van der Waals surface area contributed by atoms with E-state index in [2.05, 4.69) is 56.9 Å². The Balaban J connectivity index is 2.80. The van der Waals surface area contributed by atoms with Gasteiger partial charge in [-0.05, 0) is 58.7 Å². The summed E-state index contributed by atoms with van der Waals surface area (Å²) in [4.78, 5) is 9.51. The molecule has 0 aliphatic carbocycles. The van der Waals surface area contributed by atoms with Crippen LogP contribution < -0.4 is 4.67 Å². The molecular weight excluding hydrogens is 309 g/mol. The summed E-state index contributed by atoms with van der Waals surface area (Å²) in [6.45, 7) is 12.2. The monoisotopic (exact) mass is 341 g/mol. The highest BCUT2D eigenvalue weighted by Crippen LogP contribution is 2.26. The zero-order valence-corrected chi connectivity index (χ0v) is 16.7. The van der Waals surface area contributed by atoms with Gasteiger partial charge in [0.1, 0.15) is 5.82 Å². The molecule has 126 valence electrons. The maximum absolute atomic E-state index is 4.92. The Hall–Kier alpha value is -0.340. The molecule has 3 atom stereocenters. The van der Waals surface area contributed by atoms with Crippen LogP contribution in [0.3, 0.4) is 0 Å². The summed E-state index contributed by atoms with van der Waals surface area (Å²) < 4.78 is 2.38. The molecule has 22 heavy (non-hydrogen) atoms. The van der Waals surface area contributed by atoms with E-state index < -0.39 is 0 Å². The van der Waals surface area contributed by atoms with Gasteiger partial charge in [-0.3, -0.25) is 4.98 Å². The van der Waals surface area contributed by atoms with Gasteiger partial charge in [-0.1, -0.05) is 27.7 Å². The second-order valence-corrected chi connectivity index (χ2v) is 8.03. The van der Waals surface area contributed by atoms with Crippen molar-refractivity contribution in [1.29, 1.82) is 0 Å². The van der Waals surface area contributed by atoms with Gasteiger partial charge in [0.15, 0.2) is 0 Å². The average molecular weight is 342 g/mol. The Kier molecular flexibility index (Phi) is 9.35. The quantitative estimate of drug-likeness (QED) is 0.492. The maximum atomic E-state index is 4.92. The second-order valence-electron chi connectivity index (χ2n) is 6.10. The van der Waals surface area contributed by atoms with E-state index in [1.807, 2.05) is 6.20 Å². The molecule has 0 aromatic carbocycles. The average Bonchev–Trinajstić information content (AvgIpc) is 2.52. The third-order valence-corrected chi connectivity index (χ3v) is 5.94. The molecule has 0 saturated heterocycles. The van der Waals surface area contributed by atoms with E-state index in [1.54, 1.807) is 0 Å². The zero-order valence-electron chi connectivity index (χ0n) is 14.8. The number of aromatic nitrogens is 2. The number of rotatable bonds is 10. The van der Waals surface area contributed by atoms with E-state index in [-0.39, 0.29) is 0 Å². The van der Waals surface area contributed by atoms with Crippen LogP contribution in [0.1, 0.15) is 51.9 Å². The molecule has 0 bridgehead atoms. The fraction of sp³-hybridized carbons (Fsp3) is 0.765. The highest BCUT2D eigenvalue weighted by molar-refractivity contribution is 7.80. The largest absolute Gasteiger partial charge is 0.337 e. The minimum atomic E-state index is 0.651. The second kappa shape index (κ2) is 10.4. The first-order valence-electron chi connectivity index (χ1n) is 8.47. The number of nitrogens with zero attached hydrogens (tertiary/aromatic N) is 3. The topological polar surface area (TPSA) is 29.0 Å². The van der Waals surface area contributed by atoms with Crippen LogP contribution in [0.5, 0.6) is 0 Å². The van der Waals surface area contributed by atoms with Gasteiger partial charge in [0.25, 0.3) is 0 Å². The highest BCUT2D eigenvalue weighted by Gasteiger charge is 2.14. The standard InChI is InChI=1S/C17H32N3PS/c1-6-10-20(21-7-2)17-11-18-15(5)16(19-17)9-8-13(3)14(4)12-22/h11,13-14,21-22H,6-10,12H2,1-5H3. The van der Waals surface area contributed by atoms with E-state index in [0.29, 0.717) is 11.8 Å². The van der Waals surface area contributed by atoms with Crippen molar-refractivity contribution in [2.45, 2.75) is 53.9 Å². The van der Waals surface area contributed by atoms with Crippen molar-refractivity contribution >= 4 is 27.2 Å². The summed E-state index contributed by atoms with van der Waals surface area (Å²) in [5.74, 6) is 3.33. The predicted octanol–water partition coefficient (Wildman–Crippen LogP) is 4.75. The Morgan fingerprint density at radius 1 is 1.27 bits per heavy atom. The number of thiol groups is 1. The lowest BCUT2D eigenvalue weighted by Crippen LogP contribution is -2.17. The summed E-state index contributed by atoms with van der Waals surface area (Å²) in [6.07, 6.45) is 6.43. The summed E-state index contributed by atoms with van der Waals surface area (Å²) >= 11 is 4.41. The molecule has 3 unspecified atom stereocenters. The van der Waals surface area contributed by atoms with Gasteiger partial charge in [0.05, 0.1) is 17.6 Å². The minimum Gasteiger partial charge on any atom is -0.337 e. The lowest BCUT2D eigenvalue weighted by molar-refractivity contribution is 0.397. The van der Waals surface area contributed by atoms with Crippen molar-refractivity contribution in [2.24, 2.45) is 11.8 Å². The fourth-order valence-electron chi connectivity index (χ4n) is 2.36. The Morgan fingerprint density at radius 3 is 2.59 bits per heavy atom. The molecule has 1 aromatic heterocycles. The van der Waals surface area contributed by atoms with Gasteiger partial charge >= 0.3 is 0 Å². The molecule has 1 rings (SSSR count). The summed E-state index contributed by atoms with van der Waals surface area (Å²) in [5.41, 5.74) is 2.24. The van der Waals surface area contributed by atoms with Crippen LogP contribution in [0.15, 0.2) is 6.20 Å². The molecule has 1 aromatic rings. The summed E-state index contributed by atoms with van der Waals surface area (Å²) in [6, 6.07) is 0. The van der Waals surface area contributed by atoms with E-state index in [4.69, 9.17) is 4.98 Å². The van der Waals surface area contributed by atoms with Crippen LogP contribution in [0, 0.1) is 18.8 Å². The van der Waals surface area contributed by atoms with E-state index in [1.165, 1.54) is 6.16 Å². The molecule has 1 heterocycles. The number of anilines is 1. The first kappa shape index (κ1) is 19.7. The molecule has 5 heteroatoms. The van der Waals surface area contributed by atoms with Gasteiger partial charge in [-0.15, -0.1) is 0 Å². The Morgan fingerprint density at radius 2 is 2.00 bits per heavy atom. The normalized spacial score (nSPS) is 14.5. The Labute approximate surface area is 144 Å². The van der Waals surface area contributed by atoms with E-state index in [9.17, 15) is 0 Å². The molecule has 3 nitrogen and oxygen atoms in total. The molecule has 0 aliphatic rings. The molecule has 0 amide bonds. The maximum Gasteiger partial charge on any atom is 0.150 e. The third kappa shape index (κ3) is 6.04. The fourth-order valence-corrected chi connectivity index (χ4v) is 3.75. The molecule has 0 radical (unpaired) electrons. The smallest absolute Gasteiger partial charge is 0.150 e. The SMILES string of the molecule is CCCN(PCC)c1cnc(C)c(CCC(C)C(C)CS)n1. The predicted molar refractivity (Wildman–Crippen MR) is 104 cm³/mol. The van der Waals surface area contributed by atoms with Crippen molar-refractivity contribution in [3.8, 4) is 0 Å². The molecule has 0 N–H and O–H groups in total. The molecule has 0 saturated carbocycles. The third-order valence-electron chi connectivity index (χ3n) is 4.21. The van der Waals surface area contributed by atoms with Gasteiger partial charge in [0, 0.05) is 6.54 Å². The van der Waals surface area contributed by atoms with Crippen LogP contribution in [0.25, 0.3) is 0 Å². The van der Waals surface area contributed by atoms with Gasteiger partial charge < -0.3 is 4.67 Å². The first-order chi connectivity index (χ1) is 10.5. The molecule has 0 aliphatic heterocycles. The van der Waals surface area contributed by atoms with Crippen LogP contribution in [0.4, 0.5) is 5.82 Å². The van der Waals surface area contributed by atoms with Crippen molar-refractivity contribution in [3.05, 3.63) is 17.6 Å². The number of hydrogen-bond donors (Lipinski definition) is 1. The molecule has 0 spiro atoms. The van der Waals surface area contributed by atoms with Crippen molar-refractivity contribution in [2.75, 3.05) is 23.1 Å². The van der Waals surface area contributed by atoms with Crippen LogP contribution in [-0.4, -0.2) is 28.4 Å². The Bertz CT molecular complexity index is 436. The molecular formula is C17H32N3PS. The number of aryl methyl sites for hydroxylation is 2. The minimum absolute atomic E-state index is 0.651. The summed E-state index contributed by atoms with van der Waals surface area (Å²) in [7, 11) is 0.797. The van der Waals surface area contributed by atoms with E-state index in [0.717, 1.165) is 57.5 Å². The summed E-state index contributed by atoms with van der Waals surface area (Å²) in [5, 5.41) is 0.